The van der Waals surface area contributed by atoms with Gasteiger partial charge in [-0.3, -0.25) is 0 Å². The van der Waals surface area contributed by atoms with Gasteiger partial charge in [-0.2, -0.15) is 0 Å². The standard InChI is InChI=1S/C27H23NO/c1-28-18-25(23-14-8-9-15-26(23)28)24(16-20-10-4-2-5-11-20)27-17-22(19-29-27)21-12-6-3-7-13-21/h2-15,17-19,24H,16H2,1H3. The van der Waals surface area contributed by atoms with Crippen LogP contribution in [0.4, 0.5) is 0 Å². The molecule has 0 N–H and O–H groups in total. The fourth-order valence-corrected chi connectivity index (χ4v) is 4.18. The highest BCUT2D eigenvalue weighted by Gasteiger charge is 2.23. The minimum Gasteiger partial charge on any atom is -0.468 e. The van der Waals surface area contributed by atoms with E-state index >= 15 is 0 Å². The van der Waals surface area contributed by atoms with E-state index in [9.17, 15) is 0 Å². The highest BCUT2D eigenvalue weighted by molar-refractivity contribution is 5.85. The summed E-state index contributed by atoms with van der Waals surface area (Å²) >= 11 is 0. The number of rotatable bonds is 5. The van der Waals surface area contributed by atoms with Crippen LogP contribution >= 0.6 is 0 Å². The monoisotopic (exact) mass is 377 g/mol. The van der Waals surface area contributed by atoms with Gasteiger partial charge in [0.2, 0.25) is 0 Å². The molecular weight excluding hydrogens is 354 g/mol. The average molecular weight is 377 g/mol. The van der Waals surface area contributed by atoms with Gasteiger partial charge >= 0.3 is 0 Å². The van der Waals surface area contributed by atoms with Crippen LogP contribution in [0.2, 0.25) is 0 Å². The highest BCUT2D eigenvalue weighted by atomic mass is 16.3. The maximum Gasteiger partial charge on any atom is 0.112 e. The lowest BCUT2D eigenvalue weighted by atomic mass is 9.89. The molecule has 5 rings (SSSR count). The lowest BCUT2D eigenvalue weighted by Gasteiger charge is -2.14. The normalized spacial score (nSPS) is 12.3. The van der Waals surface area contributed by atoms with Crippen LogP contribution in [-0.4, -0.2) is 4.57 Å². The fourth-order valence-electron chi connectivity index (χ4n) is 4.18. The number of furan rings is 1. The Hall–Kier alpha value is -3.52. The molecule has 0 saturated carbocycles. The Kier molecular flexibility index (Phi) is 4.53. The van der Waals surface area contributed by atoms with Crippen molar-refractivity contribution < 1.29 is 4.42 Å². The van der Waals surface area contributed by atoms with Crippen molar-refractivity contribution in [3.05, 3.63) is 120 Å². The van der Waals surface area contributed by atoms with Crippen molar-refractivity contribution in [3.8, 4) is 11.1 Å². The molecule has 0 radical (unpaired) electrons. The first-order chi connectivity index (χ1) is 14.3. The van der Waals surface area contributed by atoms with Gasteiger partial charge in [0.25, 0.3) is 0 Å². The Morgan fingerprint density at radius 2 is 1.48 bits per heavy atom. The molecule has 0 fully saturated rings. The van der Waals surface area contributed by atoms with Crippen LogP contribution in [0.5, 0.6) is 0 Å². The number of hydrogen-bond acceptors (Lipinski definition) is 1. The highest BCUT2D eigenvalue weighted by Crippen LogP contribution is 2.37. The molecule has 0 spiro atoms. The van der Waals surface area contributed by atoms with Gasteiger partial charge in [-0.15, -0.1) is 0 Å². The molecule has 0 aliphatic heterocycles. The fraction of sp³-hybridized carbons (Fsp3) is 0.111. The van der Waals surface area contributed by atoms with Gasteiger partial charge in [0.15, 0.2) is 0 Å². The molecule has 0 aliphatic carbocycles. The van der Waals surface area contributed by atoms with Crippen molar-refractivity contribution in [1.29, 1.82) is 0 Å². The number of aryl methyl sites for hydroxylation is 1. The summed E-state index contributed by atoms with van der Waals surface area (Å²) in [5.74, 6) is 1.16. The van der Waals surface area contributed by atoms with E-state index in [1.165, 1.54) is 27.6 Å². The van der Waals surface area contributed by atoms with Gasteiger partial charge in [0.05, 0.1) is 6.26 Å². The lowest BCUT2D eigenvalue weighted by molar-refractivity contribution is 0.485. The maximum atomic E-state index is 6.16. The van der Waals surface area contributed by atoms with E-state index in [-0.39, 0.29) is 5.92 Å². The summed E-state index contributed by atoms with van der Waals surface area (Å²) in [6.07, 6.45) is 5.04. The molecule has 0 saturated heterocycles. The van der Waals surface area contributed by atoms with Crippen molar-refractivity contribution in [2.75, 3.05) is 0 Å². The van der Waals surface area contributed by atoms with Gasteiger partial charge in [-0.1, -0.05) is 78.9 Å². The zero-order valence-electron chi connectivity index (χ0n) is 16.5. The predicted molar refractivity (Wildman–Crippen MR) is 119 cm³/mol. The maximum absolute atomic E-state index is 6.16. The summed E-state index contributed by atoms with van der Waals surface area (Å²) in [6, 6.07) is 31.9. The van der Waals surface area contributed by atoms with E-state index in [1.807, 2.05) is 12.3 Å². The predicted octanol–water partition coefficient (Wildman–Crippen LogP) is 6.81. The first-order valence-electron chi connectivity index (χ1n) is 10.0. The average Bonchev–Trinajstić information content (AvgIpc) is 3.39. The van der Waals surface area contributed by atoms with E-state index in [1.54, 1.807) is 0 Å². The second kappa shape index (κ2) is 7.48. The molecule has 2 aromatic heterocycles. The summed E-state index contributed by atoms with van der Waals surface area (Å²) in [7, 11) is 2.11. The molecular formula is C27H23NO. The third-order valence-corrected chi connectivity index (χ3v) is 5.66. The Morgan fingerprint density at radius 3 is 2.28 bits per heavy atom. The van der Waals surface area contributed by atoms with Crippen molar-refractivity contribution in [2.45, 2.75) is 12.3 Å². The molecule has 0 amide bonds. The second-order valence-electron chi connectivity index (χ2n) is 7.56. The van der Waals surface area contributed by atoms with E-state index in [4.69, 9.17) is 4.42 Å². The summed E-state index contributed by atoms with van der Waals surface area (Å²) in [4.78, 5) is 0. The Morgan fingerprint density at radius 1 is 0.793 bits per heavy atom. The Labute approximate surface area is 171 Å². The Balaban J connectivity index is 1.62. The first kappa shape index (κ1) is 17.6. The minimum absolute atomic E-state index is 0.154. The molecule has 2 nitrogen and oxygen atoms in total. The molecule has 0 bridgehead atoms. The number of hydrogen-bond donors (Lipinski definition) is 0. The van der Waals surface area contributed by atoms with Gasteiger partial charge in [-0.25, -0.2) is 0 Å². The topological polar surface area (TPSA) is 18.1 Å². The molecule has 1 atom stereocenters. The molecule has 3 aromatic carbocycles. The molecule has 2 heteroatoms. The third kappa shape index (κ3) is 3.38. The Bertz CT molecular complexity index is 1230. The first-order valence-corrected chi connectivity index (χ1v) is 10.0. The van der Waals surface area contributed by atoms with Crippen molar-refractivity contribution in [1.82, 2.24) is 4.57 Å². The van der Waals surface area contributed by atoms with E-state index < -0.39 is 0 Å². The summed E-state index contributed by atoms with van der Waals surface area (Å²) in [5.41, 5.74) is 6.16. The van der Waals surface area contributed by atoms with Crippen LogP contribution in [0, 0.1) is 0 Å². The molecule has 29 heavy (non-hydrogen) atoms. The van der Waals surface area contributed by atoms with Crippen LogP contribution in [0.25, 0.3) is 22.0 Å². The van der Waals surface area contributed by atoms with Crippen LogP contribution in [0.15, 0.2) is 108 Å². The molecule has 2 heterocycles. The van der Waals surface area contributed by atoms with Crippen LogP contribution in [0.3, 0.4) is 0 Å². The van der Waals surface area contributed by atoms with E-state index in [0.717, 1.165) is 17.7 Å². The van der Waals surface area contributed by atoms with E-state index in [2.05, 4.69) is 103 Å². The number of nitrogens with zero attached hydrogens (tertiary/aromatic N) is 1. The quantitative estimate of drug-likeness (QED) is 0.329. The van der Waals surface area contributed by atoms with Crippen molar-refractivity contribution in [2.24, 2.45) is 7.05 Å². The molecule has 0 aliphatic rings. The zero-order chi connectivity index (χ0) is 19.6. The van der Waals surface area contributed by atoms with Crippen molar-refractivity contribution in [3.63, 3.8) is 0 Å². The van der Waals surface area contributed by atoms with Gasteiger partial charge in [0, 0.05) is 35.6 Å². The summed E-state index contributed by atoms with van der Waals surface area (Å²) < 4.78 is 8.37. The molecule has 142 valence electrons. The summed E-state index contributed by atoms with van der Waals surface area (Å²) in [5, 5.41) is 1.29. The molecule has 5 aromatic rings. The molecule has 1 unspecified atom stereocenters. The van der Waals surface area contributed by atoms with E-state index in [0.29, 0.717) is 0 Å². The number of fused-ring (bicyclic) bond motifs is 1. The van der Waals surface area contributed by atoms with Crippen molar-refractivity contribution >= 4 is 10.9 Å². The lowest BCUT2D eigenvalue weighted by Crippen LogP contribution is -2.04. The van der Waals surface area contributed by atoms with Crippen LogP contribution < -0.4 is 0 Å². The number of aromatic nitrogens is 1. The third-order valence-electron chi connectivity index (χ3n) is 5.66. The largest absolute Gasteiger partial charge is 0.468 e. The van der Waals surface area contributed by atoms with Gasteiger partial charge in [0.1, 0.15) is 5.76 Å². The zero-order valence-corrected chi connectivity index (χ0v) is 16.5. The number of benzene rings is 3. The van der Waals surface area contributed by atoms with Crippen LogP contribution in [-0.2, 0) is 13.5 Å². The SMILES string of the molecule is Cn1cc(C(Cc2ccccc2)c2cc(-c3ccccc3)co2)c2ccccc21. The minimum atomic E-state index is 0.154. The summed E-state index contributed by atoms with van der Waals surface area (Å²) in [6.45, 7) is 0. The number of para-hydroxylation sites is 1. The van der Waals surface area contributed by atoms with Gasteiger partial charge < -0.3 is 8.98 Å². The van der Waals surface area contributed by atoms with Gasteiger partial charge in [-0.05, 0) is 35.2 Å². The second-order valence-corrected chi connectivity index (χ2v) is 7.56. The smallest absolute Gasteiger partial charge is 0.112 e. The van der Waals surface area contributed by atoms with Crippen LogP contribution in [0.1, 0.15) is 22.8 Å².